The molecule has 0 bridgehead atoms. The lowest BCUT2D eigenvalue weighted by atomic mass is 9.95. The Morgan fingerprint density at radius 1 is 1.02 bits per heavy atom. The van der Waals surface area contributed by atoms with Gasteiger partial charge in [0.15, 0.2) is 4.80 Å². The van der Waals surface area contributed by atoms with E-state index in [0.29, 0.717) is 44.3 Å². The van der Waals surface area contributed by atoms with E-state index in [2.05, 4.69) is 56.1 Å². The molecule has 4 aromatic carbocycles. The SMILES string of the molecule is CCOC(=O)C1=C(C)N=c2s/c(=C/c3cc(Br)c(OCc4cccc5ccccc45)c(Br)c3)c(=O)n2[C@H]1c1ccccc1OC(C)C. The highest BCUT2D eigenvalue weighted by molar-refractivity contribution is 9.11. The third kappa shape index (κ3) is 6.72. The number of allylic oxidation sites excluding steroid dienone is 1. The Balaban J connectivity index is 1.40. The molecule has 0 spiro atoms. The lowest BCUT2D eigenvalue weighted by Gasteiger charge is -2.26. The van der Waals surface area contributed by atoms with Crippen molar-refractivity contribution in [1.82, 2.24) is 4.57 Å². The van der Waals surface area contributed by atoms with Gasteiger partial charge in [-0.15, -0.1) is 0 Å². The number of hydrogen-bond acceptors (Lipinski definition) is 7. The number of nitrogens with zero attached hydrogens (tertiary/aromatic N) is 2. The molecule has 0 N–H and O–H groups in total. The van der Waals surface area contributed by atoms with Gasteiger partial charge >= 0.3 is 5.97 Å². The van der Waals surface area contributed by atoms with Crippen LogP contribution < -0.4 is 24.4 Å². The van der Waals surface area contributed by atoms with Gasteiger partial charge in [-0.05, 0) is 106 Å². The fourth-order valence-electron chi connectivity index (χ4n) is 5.67. The van der Waals surface area contributed by atoms with Crippen LogP contribution in [0.5, 0.6) is 11.5 Å². The van der Waals surface area contributed by atoms with Crippen molar-refractivity contribution >= 4 is 66.0 Å². The van der Waals surface area contributed by atoms with Gasteiger partial charge in [-0.25, -0.2) is 9.79 Å². The Bertz CT molecular complexity index is 2190. The number of fused-ring (bicyclic) bond motifs is 2. The zero-order chi connectivity index (χ0) is 33.2. The highest BCUT2D eigenvalue weighted by Gasteiger charge is 2.35. The monoisotopic (exact) mass is 774 g/mol. The molecule has 6 rings (SSSR count). The van der Waals surface area contributed by atoms with Crippen LogP contribution in [0.15, 0.2) is 109 Å². The van der Waals surface area contributed by atoms with E-state index in [1.165, 1.54) is 11.3 Å². The first-order valence-electron chi connectivity index (χ1n) is 15.2. The van der Waals surface area contributed by atoms with Gasteiger partial charge in [0.1, 0.15) is 24.1 Å². The topological polar surface area (TPSA) is 79.1 Å². The van der Waals surface area contributed by atoms with Gasteiger partial charge in [0.2, 0.25) is 0 Å². The number of para-hydroxylation sites is 1. The van der Waals surface area contributed by atoms with Crippen molar-refractivity contribution in [3.05, 3.63) is 135 Å². The molecule has 5 aromatic rings. The largest absolute Gasteiger partial charge is 0.491 e. The van der Waals surface area contributed by atoms with Gasteiger partial charge < -0.3 is 14.2 Å². The minimum atomic E-state index is -0.772. The van der Waals surface area contributed by atoms with E-state index in [9.17, 15) is 9.59 Å². The predicted octanol–water partition coefficient (Wildman–Crippen LogP) is 7.84. The van der Waals surface area contributed by atoms with Gasteiger partial charge in [0.25, 0.3) is 5.56 Å². The van der Waals surface area contributed by atoms with Crippen LogP contribution in [0, 0.1) is 0 Å². The minimum Gasteiger partial charge on any atom is -0.491 e. The number of thiazole rings is 1. The van der Waals surface area contributed by atoms with E-state index < -0.39 is 12.0 Å². The van der Waals surface area contributed by atoms with Gasteiger partial charge in [0, 0.05) is 5.56 Å². The average Bonchev–Trinajstić information content (AvgIpc) is 3.33. The maximum Gasteiger partial charge on any atom is 0.338 e. The number of benzene rings is 4. The Kier molecular flexibility index (Phi) is 9.82. The molecule has 0 aliphatic carbocycles. The molecule has 1 atom stereocenters. The summed E-state index contributed by atoms with van der Waals surface area (Å²) in [5, 5.41) is 2.30. The zero-order valence-corrected chi connectivity index (χ0v) is 30.2. The predicted molar refractivity (Wildman–Crippen MR) is 193 cm³/mol. The van der Waals surface area contributed by atoms with Crippen molar-refractivity contribution in [2.75, 3.05) is 6.61 Å². The summed E-state index contributed by atoms with van der Waals surface area (Å²) in [5.74, 6) is 0.734. The molecule has 0 radical (unpaired) electrons. The summed E-state index contributed by atoms with van der Waals surface area (Å²) in [6, 6.07) is 24.9. The molecule has 0 saturated carbocycles. The first kappa shape index (κ1) is 32.9. The maximum atomic E-state index is 14.2. The van der Waals surface area contributed by atoms with Crippen molar-refractivity contribution in [1.29, 1.82) is 0 Å². The number of carbonyl (C=O) groups is 1. The number of ether oxygens (including phenoxy) is 3. The standard InChI is InChI=1S/C37H32Br2N2O5S/c1-5-44-36(43)32-22(4)40-37-41(33(32)27-15-8-9-16-30(27)46-21(2)3)35(42)31(47-37)19-23-17-28(38)34(29(39)18-23)45-20-25-13-10-12-24-11-6-7-14-26(24)25/h6-19,21,33H,5,20H2,1-4H3/b31-19+/t33-/m0/s1. The number of hydrogen-bond donors (Lipinski definition) is 0. The van der Waals surface area contributed by atoms with Crippen LogP contribution >= 0.6 is 43.2 Å². The molecule has 0 fully saturated rings. The molecule has 7 nitrogen and oxygen atoms in total. The fraction of sp³-hybridized carbons (Fsp3) is 0.216. The van der Waals surface area contributed by atoms with Crippen molar-refractivity contribution in [2.24, 2.45) is 4.99 Å². The molecule has 47 heavy (non-hydrogen) atoms. The van der Waals surface area contributed by atoms with E-state index in [1.54, 1.807) is 18.4 Å². The van der Waals surface area contributed by atoms with Crippen LogP contribution in [0.2, 0.25) is 0 Å². The fourth-order valence-corrected chi connectivity index (χ4v) is 8.17. The molecule has 0 saturated heterocycles. The van der Waals surface area contributed by atoms with Crippen LogP contribution in [-0.4, -0.2) is 23.2 Å². The van der Waals surface area contributed by atoms with Gasteiger partial charge in [0.05, 0.1) is 37.5 Å². The normalized spacial score (nSPS) is 14.7. The summed E-state index contributed by atoms with van der Waals surface area (Å²) in [6.07, 6.45) is 1.71. The van der Waals surface area contributed by atoms with Crippen LogP contribution in [0.4, 0.5) is 0 Å². The summed E-state index contributed by atoms with van der Waals surface area (Å²) in [5.41, 5.74) is 3.09. The summed E-state index contributed by atoms with van der Waals surface area (Å²) < 4.78 is 21.4. The molecule has 1 aliphatic rings. The Morgan fingerprint density at radius 3 is 2.47 bits per heavy atom. The number of halogens is 2. The summed E-state index contributed by atoms with van der Waals surface area (Å²) in [6.45, 7) is 7.98. The summed E-state index contributed by atoms with van der Waals surface area (Å²) in [4.78, 5) is 32.7. The highest BCUT2D eigenvalue weighted by Crippen LogP contribution is 2.37. The third-order valence-corrected chi connectivity index (χ3v) is 9.82. The van der Waals surface area contributed by atoms with Crippen LogP contribution in [-0.2, 0) is 16.1 Å². The molecular formula is C37H32Br2N2O5S. The molecule has 0 amide bonds. The Morgan fingerprint density at radius 2 is 1.72 bits per heavy atom. The Labute approximate surface area is 293 Å². The van der Waals surface area contributed by atoms with Gasteiger partial charge in [-0.2, -0.15) is 0 Å². The number of rotatable bonds is 9. The number of carbonyl (C=O) groups excluding carboxylic acids is 1. The van der Waals surface area contributed by atoms with Crippen LogP contribution in [0.25, 0.3) is 16.8 Å². The van der Waals surface area contributed by atoms with E-state index >= 15 is 0 Å². The maximum absolute atomic E-state index is 14.2. The first-order chi connectivity index (χ1) is 22.7. The van der Waals surface area contributed by atoms with Crippen LogP contribution in [0.1, 0.15) is 50.4 Å². The average molecular weight is 777 g/mol. The minimum absolute atomic E-state index is 0.112. The van der Waals surface area contributed by atoms with Gasteiger partial charge in [-0.3, -0.25) is 9.36 Å². The van der Waals surface area contributed by atoms with Crippen molar-refractivity contribution in [2.45, 2.75) is 46.4 Å². The van der Waals surface area contributed by atoms with E-state index in [0.717, 1.165) is 30.8 Å². The molecular weight excluding hydrogens is 744 g/mol. The third-order valence-electron chi connectivity index (χ3n) is 7.66. The molecule has 10 heteroatoms. The summed E-state index contributed by atoms with van der Waals surface area (Å²) in [7, 11) is 0. The summed E-state index contributed by atoms with van der Waals surface area (Å²) >= 11 is 8.63. The molecule has 240 valence electrons. The van der Waals surface area contributed by atoms with Crippen LogP contribution in [0.3, 0.4) is 0 Å². The van der Waals surface area contributed by atoms with E-state index in [1.807, 2.05) is 74.5 Å². The lowest BCUT2D eigenvalue weighted by molar-refractivity contribution is -0.139. The molecule has 2 heterocycles. The molecule has 0 unspecified atom stereocenters. The lowest BCUT2D eigenvalue weighted by Crippen LogP contribution is -2.40. The van der Waals surface area contributed by atoms with Gasteiger partial charge in [-0.1, -0.05) is 72.0 Å². The second-order valence-electron chi connectivity index (χ2n) is 11.2. The zero-order valence-electron chi connectivity index (χ0n) is 26.3. The molecule has 1 aromatic heterocycles. The number of aromatic nitrogens is 1. The number of esters is 1. The quantitative estimate of drug-likeness (QED) is 0.143. The molecule has 1 aliphatic heterocycles. The first-order valence-corrected chi connectivity index (χ1v) is 17.6. The van der Waals surface area contributed by atoms with Crippen molar-refractivity contribution in [3.8, 4) is 11.5 Å². The highest BCUT2D eigenvalue weighted by atomic mass is 79.9. The van der Waals surface area contributed by atoms with E-state index in [-0.39, 0.29) is 18.3 Å². The second kappa shape index (κ2) is 14.0. The Hall–Kier alpha value is -3.99. The van der Waals surface area contributed by atoms with Crippen molar-refractivity contribution < 1.29 is 19.0 Å². The van der Waals surface area contributed by atoms with E-state index in [4.69, 9.17) is 19.2 Å². The van der Waals surface area contributed by atoms with Crippen molar-refractivity contribution in [3.63, 3.8) is 0 Å². The smallest absolute Gasteiger partial charge is 0.338 e. The second-order valence-corrected chi connectivity index (χ2v) is 14.0.